The van der Waals surface area contributed by atoms with Crippen molar-refractivity contribution in [1.29, 1.82) is 0 Å². The van der Waals surface area contributed by atoms with Gasteiger partial charge in [0.15, 0.2) is 0 Å². The number of nitrogens with two attached hydrogens (primary N) is 1. The van der Waals surface area contributed by atoms with Crippen molar-refractivity contribution in [3.8, 4) is 11.1 Å². The molecule has 0 saturated carbocycles. The minimum absolute atomic E-state index is 0.00263. The van der Waals surface area contributed by atoms with E-state index in [0.29, 0.717) is 54.6 Å². The monoisotopic (exact) mass is 535 g/mol. The summed E-state index contributed by atoms with van der Waals surface area (Å²) in [6.07, 6.45) is 5.00. The van der Waals surface area contributed by atoms with Gasteiger partial charge in [-0.05, 0) is 61.2 Å². The van der Waals surface area contributed by atoms with Gasteiger partial charge in [0.2, 0.25) is 15.9 Å². The molecule has 202 valence electrons. The normalized spacial score (nSPS) is 18.8. The van der Waals surface area contributed by atoms with Gasteiger partial charge in [0.25, 0.3) is 0 Å². The van der Waals surface area contributed by atoms with E-state index in [2.05, 4.69) is 24.2 Å². The van der Waals surface area contributed by atoms with Gasteiger partial charge in [0.1, 0.15) is 5.84 Å². The number of nitrogens with zero attached hydrogens (tertiary/aromatic N) is 3. The average molecular weight is 536 g/mol. The predicted molar refractivity (Wildman–Crippen MR) is 152 cm³/mol. The Morgan fingerprint density at radius 3 is 2.53 bits per heavy atom. The molecule has 0 radical (unpaired) electrons. The molecular formula is C29H37N5O3S. The highest BCUT2D eigenvalue weighted by Gasteiger charge is 2.49. The first-order chi connectivity index (χ1) is 18.2. The lowest BCUT2D eigenvalue weighted by Gasteiger charge is -2.46. The third-order valence-corrected chi connectivity index (χ3v) is 9.49. The number of aliphatic imine (C=N–C) groups is 1. The van der Waals surface area contributed by atoms with Gasteiger partial charge in [-0.25, -0.2) is 13.4 Å². The molecule has 0 unspecified atom stereocenters. The minimum atomic E-state index is -3.56. The molecular weight excluding hydrogens is 498 g/mol. The van der Waals surface area contributed by atoms with Crippen LogP contribution in [0.4, 0.5) is 5.69 Å². The molecule has 8 nitrogen and oxygen atoms in total. The summed E-state index contributed by atoms with van der Waals surface area (Å²) >= 11 is 0. The maximum Gasteiger partial charge on any atom is 0.250 e. The van der Waals surface area contributed by atoms with Crippen LogP contribution < -0.4 is 11.1 Å². The van der Waals surface area contributed by atoms with Crippen molar-refractivity contribution >= 4 is 33.5 Å². The molecule has 38 heavy (non-hydrogen) atoms. The standard InChI is InChI=1S/C29H37N5O3S/c1-3-12-33(13-4-2)28(35)24-14-23-9-8-22(16-26(23)32-27(30)17-24)21-6-5-7-25(15-21)38(36,37)34-19-29(20-34)10-11-31-18-29/h5-9,14-16,31H,3-4,10-13,17-20H2,1-2H3,(H2,30,32). The number of sulfonamides is 1. The highest BCUT2D eigenvalue weighted by molar-refractivity contribution is 7.89. The second kappa shape index (κ2) is 10.6. The van der Waals surface area contributed by atoms with E-state index in [1.165, 1.54) is 0 Å². The van der Waals surface area contributed by atoms with Gasteiger partial charge in [0, 0.05) is 55.7 Å². The van der Waals surface area contributed by atoms with Crippen LogP contribution in [0, 0.1) is 5.41 Å². The van der Waals surface area contributed by atoms with Crippen molar-refractivity contribution in [1.82, 2.24) is 14.5 Å². The fraction of sp³-hybridized carbons (Fsp3) is 0.448. The molecule has 9 heteroatoms. The van der Waals surface area contributed by atoms with Gasteiger partial charge in [-0.3, -0.25) is 4.79 Å². The highest BCUT2D eigenvalue weighted by Crippen LogP contribution is 2.40. The van der Waals surface area contributed by atoms with Crippen molar-refractivity contribution in [2.24, 2.45) is 16.1 Å². The van der Waals surface area contributed by atoms with E-state index in [1.807, 2.05) is 35.2 Å². The summed E-state index contributed by atoms with van der Waals surface area (Å²) in [4.78, 5) is 20.0. The number of hydrogen-bond donors (Lipinski definition) is 2. The lowest BCUT2D eigenvalue weighted by molar-refractivity contribution is -0.127. The van der Waals surface area contributed by atoms with Crippen LogP contribution in [0.2, 0.25) is 0 Å². The minimum Gasteiger partial charge on any atom is -0.387 e. The molecule has 2 fully saturated rings. The molecule has 2 aromatic carbocycles. The number of rotatable bonds is 8. The first-order valence-electron chi connectivity index (χ1n) is 13.5. The van der Waals surface area contributed by atoms with Crippen LogP contribution in [0.15, 0.2) is 57.9 Å². The molecule has 0 atom stereocenters. The second-order valence-corrected chi connectivity index (χ2v) is 12.7. The van der Waals surface area contributed by atoms with Gasteiger partial charge in [-0.2, -0.15) is 4.31 Å². The van der Waals surface area contributed by atoms with Crippen LogP contribution in [0.3, 0.4) is 0 Å². The first-order valence-corrected chi connectivity index (χ1v) is 15.0. The first kappa shape index (κ1) is 26.6. The number of hydrogen-bond acceptors (Lipinski definition) is 6. The Morgan fingerprint density at radius 1 is 1.11 bits per heavy atom. The summed E-state index contributed by atoms with van der Waals surface area (Å²) in [5.41, 5.74) is 10.1. The Hall–Kier alpha value is -3.01. The molecule has 2 aromatic rings. The Kier molecular flexibility index (Phi) is 7.44. The number of nitrogens with one attached hydrogen (secondary N) is 1. The SMILES string of the molecule is CCCN(CCC)C(=O)C1=Cc2ccc(-c3cccc(S(=O)(=O)N4CC5(CCNC5)C4)c3)cc2N=C(N)C1. The number of carbonyl (C=O) groups excluding carboxylic acids is 1. The smallest absolute Gasteiger partial charge is 0.250 e. The topological polar surface area (TPSA) is 108 Å². The van der Waals surface area contributed by atoms with Crippen molar-refractivity contribution in [2.45, 2.75) is 44.4 Å². The Labute approximate surface area is 225 Å². The maximum atomic E-state index is 13.3. The number of fused-ring (bicyclic) bond motifs is 1. The highest BCUT2D eigenvalue weighted by atomic mass is 32.2. The van der Waals surface area contributed by atoms with Crippen LogP contribution in [0.1, 0.15) is 45.1 Å². The molecule has 3 N–H and O–H groups in total. The van der Waals surface area contributed by atoms with E-state index < -0.39 is 10.0 Å². The zero-order chi connectivity index (χ0) is 26.9. The average Bonchev–Trinajstić information content (AvgIpc) is 3.32. The third kappa shape index (κ3) is 5.15. The van der Waals surface area contributed by atoms with Crippen molar-refractivity contribution in [3.63, 3.8) is 0 Å². The molecule has 0 bridgehead atoms. The Balaban J connectivity index is 1.41. The number of amidine groups is 1. The van der Waals surface area contributed by atoms with Crippen molar-refractivity contribution in [2.75, 3.05) is 39.3 Å². The number of carbonyl (C=O) groups is 1. The summed E-state index contributed by atoms with van der Waals surface area (Å²) in [7, 11) is -3.56. The Morgan fingerprint density at radius 2 is 1.84 bits per heavy atom. The molecule has 2 saturated heterocycles. The van der Waals surface area contributed by atoms with Crippen molar-refractivity contribution in [3.05, 3.63) is 53.6 Å². The quantitative estimate of drug-likeness (QED) is 0.535. The molecule has 5 rings (SSSR count). The number of benzene rings is 2. The fourth-order valence-electron chi connectivity index (χ4n) is 5.69. The van der Waals surface area contributed by atoms with Crippen molar-refractivity contribution < 1.29 is 13.2 Å². The molecule has 3 heterocycles. The third-order valence-electron chi connectivity index (χ3n) is 7.71. The summed E-state index contributed by atoms with van der Waals surface area (Å²) in [5.74, 6) is 0.390. The fourth-order valence-corrected chi connectivity index (χ4v) is 7.40. The largest absolute Gasteiger partial charge is 0.387 e. The van der Waals surface area contributed by atoms with Gasteiger partial charge in [-0.1, -0.05) is 38.1 Å². The van der Waals surface area contributed by atoms with E-state index in [1.54, 1.807) is 22.5 Å². The molecule has 3 aliphatic heterocycles. The van der Waals surface area contributed by atoms with E-state index >= 15 is 0 Å². The van der Waals surface area contributed by atoms with E-state index in [-0.39, 0.29) is 11.3 Å². The summed E-state index contributed by atoms with van der Waals surface area (Å²) in [5, 5.41) is 3.35. The van der Waals surface area contributed by atoms with Gasteiger partial charge in [0.05, 0.1) is 10.6 Å². The van der Waals surface area contributed by atoms with E-state index in [0.717, 1.165) is 49.0 Å². The van der Waals surface area contributed by atoms with Gasteiger partial charge < -0.3 is 16.0 Å². The molecule has 0 aliphatic carbocycles. The molecule has 0 aromatic heterocycles. The predicted octanol–water partition coefficient (Wildman–Crippen LogP) is 3.76. The number of amides is 1. The lowest BCUT2D eigenvalue weighted by atomic mass is 9.81. The van der Waals surface area contributed by atoms with Crippen LogP contribution in [-0.2, 0) is 14.8 Å². The Bertz CT molecular complexity index is 1380. The summed E-state index contributed by atoms with van der Waals surface area (Å²) in [6, 6.07) is 12.9. The zero-order valence-electron chi connectivity index (χ0n) is 22.2. The van der Waals surface area contributed by atoms with Gasteiger partial charge >= 0.3 is 0 Å². The molecule has 1 spiro atoms. The maximum absolute atomic E-state index is 13.3. The van der Waals surface area contributed by atoms with E-state index in [4.69, 9.17) is 5.73 Å². The lowest BCUT2D eigenvalue weighted by Crippen LogP contribution is -2.59. The summed E-state index contributed by atoms with van der Waals surface area (Å²) in [6.45, 7) is 8.53. The van der Waals surface area contributed by atoms with Crippen LogP contribution in [0.25, 0.3) is 17.2 Å². The van der Waals surface area contributed by atoms with E-state index in [9.17, 15) is 13.2 Å². The van der Waals surface area contributed by atoms with Gasteiger partial charge in [-0.15, -0.1) is 0 Å². The van der Waals surface area contributed by atoms with Crippen LogP contribution in [-0.4, -0.2) is 68.6 Å². The second-order valence-electron chi connectivity index (χ2n) is 10.7. The zero-order valence-corrected chi connectivity index (χ0v) is 23.1. The van der Waals surface area contributed by atoms with Crippen LogP contribution >= 0.6 is 0 Å². The summed E-state index contributed by atoms with van der Waals surface area (Å²) < 4.78 is 28.2. The van der Waals surface area contributed by atoms with Crippen LogP contribution in [0.5, 0.6) is 0 Å². The molecule has 1 amide bonds. The molecule has 3 aliphatic rings.